The van der Waals surface area contributed by atoms with E-state index in [4.69, 9.17) is 4.74 Å². The predicted octanol–water partition coefficient (Wildman–Crippen LogP) is 3.38. The van der Waals surface area contributed by atoms with Crippen molar-refractivity contribution in [2.24, 2.45) is 5.92 Å². The Morgan fingerprint density at radius 1 is 1.06 bits per heavy atom. The van der Waals surface area contributed by atoms with Crippen molar-refractivity contribution in [1.29, 1.82) is 0 Å². The molecule has 0 radical (unpaired) electrons. The van der Waals surface area contributed by atoms with Crippen LogP contribution in [0.25, 0.3) is 5.57 Å². The van der Waals surface area contributed by atoms with Gasteiger partial charge in [-0.15, -0.1) is 0 Å². The summed E-state index contributed by atoms with van der Waals surface area (Å²) in [5.74, 6) is 0.198. The maximum atomic E-state index is 13.6. The molecule has 0 aromatic heterocycles. The van der Waals surface area contributed by atoms with Crippen LogP contribution >= 0.6 is 0 Å². The van der Waals surface area contributed by atoms with Gasteiger partial charge in [0.2, 0.25) is 0 Å². The minimum Gasteiger partial charge on any atom is -0.494 e. The third-order valence-electron chi connectivity index (χ3n) is 5.96. The summed E-state index contributed by atoms with van der Waals surface area (Å²) in [5.41, 5.74) is 3.00. The van der Waals surface area contributed by atoms with E-state index in [0.717, 1.165) is 24.2 Å². The third-order valence-corrected chi connectivity index (χ3v) is 5.96. The van der Waals surface area contributed by atoms with Crippen LogP contribution in [0.15, 0.2) is 54.2 Å². The van der Waals surface area contributed by atoms with Crippen molar-refractivity contribution in [1.82, 2.24) is 4.90 Å². The number of carbonyl (C=O) groups excluding carboxylic acids is 2. The summed E-state index contributed by atoms with van der Waals surface area (Å²) in [7, 11) is 0. The van der Waals surface area contributed by atoms with E-state index in [0.29, 0.717) is 42.2 Å². The van der Waals surface area contributed by atoms with Crippen LogP contribution in [0.3, 0.4) is 0 Å². The summed E-state index contributed by atoms with van der Waals surface area (Å²) in [6.45, 7) is 5.70. The number of ether oxygens (including phenoxy) is 1. The number of hydrogen-bond acceptors (Lipinski definition) is 5. The number of imide groups is 1. The van der Waals surface area contributed by atoms with E-state index in [1.807, 2.05) is 61.2 Å². The molecular weight excluding hydrogens is 392 g/mol. The van der Waals surface area contributed by atoms with E-state index in [1.165, 1.54) is 4.90 Å². The van der Waals surface area contributed by atoms with Crippen LogP contribution in [0.2, 0.25) is 0 Å². The Kier molecular flexibility index (Phi) is 6.09. The fraction of sp³-hybridized carbons (Fsp3) is 0.360. The number of para-hydroxylation sites is 1. The van der Waals surface area contributed by atoms with Crippen LogP contribution in [-0.2, 0) is 9.59 Å². The molecule has 31 heavy (non-hydrogen) atoms. The molecule has 2 aliphatic heterocycles. The Morgan fingerprint density at radius 3 is 2.48 bits per heavy atom. The molecule has 162 valence electrons. The van der Waals surface area contributed by atoms with Gasteiger partial charge in [0.05, 0.1) is 17.9 Å². The molecule has 6 nitrogen and oxygen atoms in total. The molecule has 2 aliphatic rings. The van der Waals surface area contributed by atoms with Crippen molar-refractivity contribution in [2.45, 2.75) is 26.7 Å². The van der Waals surface area contributed by atoms with Crippen LogP contribution in [-0.4, -0.2) is 48.1 Å². The lowest BCUT2D eigenvalue weighted by molar-refractivity contribution is -0.120. The zero-order valence-electron chi connectivity index (χ0n) is 18.0. The van der Waals surface area contributed by atoms with Gasteiger partial charge in [-0.2, -0.15) is 0 Å². The molecule has 1 saturated heterocycles. The van der Waals surface area contributed by atoms with E-state index < -0.39 is 0 Å². The molecule has 2 aromatic rings. The summed E-state index contributed by atoms with van der Waals surface area (Å²) in [6, 6.07) is 14.7. The van der Waals surface area contributed by atoms with Gasteiger partial charge >= 0.3 is 0 Å². The molecule has 0 bridgehead atoms. The van der Waals surface area contributed by atoms with Gasteiger partial charge in [-0.25, -0.2) is 4.90 Å². The number of aryl methyl sites for hydroxylation is 1. The summed E-state index contributed by atoms with van der Waals surface area (Å²) in [6.07, 6.45) is 1.79. The lowest BCUT2D eigenvalue weighted by Crippen LogP contribution is -2.40. The lowest BCUT2D eigenvalue weighted by atomic mass is 9.97. The largest absolute Gasteiger partial charge is 0.494 e. The summed E-state index contributed by atoms with van der Waals surface area (Å²) < 4.78 is 5.53. The number of likely N-dealkylation sites (tertiary alicyclic amines) is 1. The normalized spacial score (nSPS) is 19.4. The molecule has 1 atom stereocenters. The summed E-state index contributed by atoms with van der Waals surface area (Å²) >= 11 is 0. The van der Waals surface area contributed by atoms with Crippen LogP contribution in [0.1, 0.15) is 30.9 Å². The molecule has 2 amide bonds. The molecule has 1 N–H and O–H groups in total. The number of piperidine rings is 1. The second kappa shape index (κ2) is 8.94. The van der Waals surface area contributed by atoms with Crippen molar-refractivity contribution in [3.63, 3.8) is 0 Å². The highest BCUT2D eigenvalue weighted by atomic mass is 16.5. The minimum absolute atomic E-state index is 0.0752. The van der Waals surface area contributed by atoms with E-state index in [-0.39, 0.29) is 24.3 Å². The number of hydrogen-bond donors (Lipinski definition) is 1. The number of benzene rings is 2. The molecule has 2 aromatic carbocycles. The fourth-order valence-electron chi connectivity index (χ4n) is 4.41. The van der Waals surface area contributed by atoms with Gasteiger partial charge in [-0.3, -0.25) is 9.59 Å². The second-order valence-corrected chi connectivity index (χ2v) is 8.05. The quantitative estimate of drug-likeness (QED) is 0.726. The monoisotopic (exact) mass is 420 g/mol. The first-order valence-corrected chi connectivity index (χ1v) is 10.8. The van der Waals surface area contributed by atoms with Gasteiger partial charge in [-0.05, 0) is 61.9 Å². The fourth-order valence-corrected chi connectivity index (χ4v) is 4.41. The maximum absolute atomic E-state index is 13.6. The second-order valence-electron chi connectivity index (χ2n) is 8.05. The maximum Gasteiger partial charge on any atom is 0.282 e. The lowest BCUT2D eigenvalue weighted by Gasteiger charge is -2.34. The Hall–Kier alpha value is -3.12. The molecule has 2 heterocycles. The first kappa shape index (κ1) is 21.1. The molecular formula is C25H28N2O4. The molecule has 4 rings (SSSR count). The predicted molar refractivity (Wildman–Crippen MR) is 120 cm³/mol. The number of amides is 2. The number of nitrogens with zero attached hydrogens (tertiary/aromatic N) is 2. The average Bonchev–Trinajstić information content (AvgIpc) is 3.05. The van der Waals surface area contributed by atoms with Gasteiger partial charge in [0, 0.05) is 19.7 Å². The third kappa shape index (κ3) is 3.95. The van der Waals surface area contributed by atoms with Gasteiger partial charge in [0.1, 0.15) is 11.4 Å². The Labute approximate surface area is 182 Å². The minimum atomic E-state index is -0.315. The van der Waals surface area contributed by atoms with Crippen LogP contribution in [0.4, 0.5) is 5.69 Å². The van der Waals surface area contributed by atoms with Crippen LogP contribution < -0.4 is 9.64 Å². The number of aliphatic hydroxyl groups excluding tert-OH is 1. The van der Waals surface area contributed by atoms with Gasteiger partial charge in [0.25, 0.3) is 11.8 Å². The molecule has 1 unspecified atom stereocenters. The van der Waals surface area contributed by atoms with E-state index in [1.54, 1.807) is 6.07 Å². The van der Waals surface area contributed by atoms with Crippen molar-refractivity contribution in [2.75, 3.05) is 31.2 Å². The highest BCUT2D eigenvalue weighted by molar-refractivity contribution is 6.45. The topological polar surface area (TPSA) is 70.1 Å². The van der Waals surface area contributed by atoms with E-state index >= 15 is 0 Å². The Bertz CT molecular complexity index is 1010. The van der Waals surface area contributed by atoms with Crippen LogP contribution in [0.5, 0.6) is 5.75 Å². The molecule has 1 fully saturated rings. The van der Waals surface area contributed by atoms with Crippen molar-refractivity contribution in [3.05, 3.63) is 65.4 Å². The standard InChI is InChI=1S/C25H28N2O4/c1-3-31-20-12-10-19(11-13-20)22-23(26-14-6-8-18(15-26)16-28)25(30)27(24(22)29)21-9-5-4-7-17(21)2/h4-5,7,9-13,18,28H,3,6,8,14-16H2,1-2H3. The average molecular weight is 421 g/mol. The number of carbonyl (C=O) groups is 2. The number of anilines is 1. The Balaban J connectivity index is 1.80. The SMILES string of the molecule is CCOc1ccc(C2=C(N3CCCC(CO)C3)C(=O)N(c3ccccc3C)C2=O)cc1. The highest BCUT2D eigenvalue weighted by Crippen LogP contribution is 2.37. The van der Waals surface area contributed by atoms with Crippen LogP contribution in [0, 0.1) is 12.8 Å². The smallest absolute Gasteiger partial charge is 0.282 e. The molecule has 6 heteroatoms. The number of aliphatic hydroxyl groups is 1. The molecule has 0 spiro atoms. The van der Waals surface area contributed by atoms with E-state index in [2.05, 4.69) is 0 Å². The zero-order chi connectivity index (χ0) is 22.0. The zero-order valence-corrected chi connectivity index (χ0v) is 18.0. The first-order chi connectivity index (χ1) is 15.0. The first-order valence-electron chi connectivity index (χ1n) is 10.8. The summed E-state index contributed by atoms with van der Waals surface area (Å²) in [5, 5.41) is 9.68. The van der Waals surface area contributed by atoms with Gasteiger partial charge in [0.15, 0.2) is 0 Å². The van der Waals surface area contributed by atoms with Crippen molar-refractivity contribution < 1.29 is 19.4 Å². The van der Waals surface area contributed by atoms with Crippen molar-refractivity contribution >= 4 is 23.1 Å². The Morgan fingerprint density at radius 2 is 1.81 bits per heavy atom. The number of rotatable bonds is 6. The highest BCUT2D eigenvalue weighted by Gasteiger charge is 2.43. The van der Waals surface area contributed by atoms with Gasteiger partial charge in [-0.1, -0.05) is 30.3 Å². The van der Waals surface area contributed by atoms with Crippen molar-refractivity contribution in [3.8, 4) is 5.75 Å². The molecule has 0 saturated carbocycles. The molecule has 0 aliphatic carbocycles. The van der Waals surface area contributed by atoms with Gasteiger partial charge < -0.3 is 14.7 Å². The van der Waals surface area contributed by atoms with E-state index in [9.17, 15) is 14.7 Å². The summed E-state index contributed by atoms with van der Waals surface area (Å²) in [4.78, 5) is 30.5.